The second-order valence-electron chi connectivity index (χ2n) is 5.10. The molecular formula is C16H15IN4. The number of halogens is 1. The lowest BCUT2D eigenvalue weighted by Crippen LogP contribution is -1.95. The monoisotopic (exact) mass is 390 g/mol. The zero-order valence-corrected chi connectivity index (χ0v) is 14.3. The Morgan fingerprint density at radius 2 is 2.10 bits per heavy atom. The van der Waals surface area contributed by atoms with Crippen LogP contribution in [0.1, 0.15) is 18.4 Å². The van der Waals surface area contributed by atoms with E-state index in [1.807, 2.05) is 37.8 Å². The number of rotatable bonds is 2. The van der Waals surface area contributed by atoms with Crippen molar-refractivity contribution in [3.8, 4) is 11.3 Å². The van der Waals surface area contributed by atoms with Crippen LogP contribution in [0.2, 0.25) is 0 Å². The molecule has 0 atom stereocenters. The Bertz CT molecular complexity index is 864. The molecule has 5 heteroatoms. The molecule has 2 aromatic heterocycles. The number of hydrogen-bond acceptors (Lipinski definition) is 3. The zero-order chi connectivity index (χ0) is 15.1. The largest absolute Gasteiger partial charge is 0.267 e. The molecule has 0 aliphatic carbocycles. The summed E-state index contributed by atoms with van der Waals surface area (Å²) in [4.78, 5) is 8.79. The fraction of sp³-hybridized carbons (Fsp3) is 0.188. The highest BCUT2D eigenvalue weighted by molar-refractivity contribution is 14.1. The van der Waals surface area contributed by atoms with Gasteiger partial charge in [0.1, 0.15) is 5.82 Å². The predicted octanol–water partition coefficient (Wildman–Crippen LogP) is 3.98. The molecular weight excluding hydrogens is 375 g/mol. The summed E-state index contributed by atoms with van der Waals surface area (Å²) in [5.74, 6) is 0.775. The highest BCUT2D eigenvalue weighted by Gasteiger charge is 2.13. The summed E-state index contributed by atoms with van der Waals surface area (Å²) in [7, 11) is 1.95. The molecule has 0 saturated heterocycles. The van der Waals surface area contributed by atoms with Gasteiger partial charge in [-0.3, -0.25) is 4.68 Å². The maximum absolute atomic E-state index is 4.56. The average Bonchev–Trinajstić information content (AvgIpc) is 2.76. The van der Waals surface area contributed by atoms with Crippen LogP contribution in [0.25, 0.3) is 27.7 Å². The van der Waals surface area contributed by atoms with Crippen molar-refractivity contribution in [3.63, 3.8) is 0 Å². The Hall–Kier alpha value is -1.76. The van der Waals surface area contributed by atoms with E-state index < -0.39 is 0 Å². The third kappa shape index (κ3) is 2.46. The Labute approximate surface area is 137 Å². The molecule has 3 aromatic rings. The Balaban J connectivity index is 2.28. The fourth-order valence-corrected chi connectivity index (χ4v) is 3.08. The highest BCUT2D eigenvalue weighted by atomic mass is 127. The van der Waals surface area contributed by atoms with Crippen LogP contribution in [0.5, 0.6) is 0 Å². The van der Waals surface area contributed by atoms with E-state index >= 15 is 0 Å². The first-order valence-electron chi connectivity index (χ1n) is 6.59. The number of allylic oxidation sites excluding steroid dienone is 1. The van der Waals surface area contributed by atoms with Gasteiger partial charge in [-0.05, 0) is 54.1 Å². The normalized spacial score (nSPS) is 11.0. The Kier molecular flexibility index (Phi) is 3.52. The first-order chi connectivity index (χ1) is 9.97. The topological polar surface area (TPSA) is 43.6 Å². The number of aromatic nitrogens is 4. The van der Waals surface area contributed by atoms with Gasteiger partial charge in [0.2, 0.25) is 0 Å². The van der Waals surface area contributed by atoms with Gasteiger partial charge < -0.3 is 0 Å². The molecule has 0 aliphatic rings. The molecule has 0 spiro atoms. The summed E-state index contributed by atoms with van der Waals surface area (Å²) in [6.07, 6.45) is 1.85. The fourth-order valence-electron chi connectivity index (χ4n) is 2.51. The molecule has 21 heavy (non-hydrogen) atoms. The molecule has 2 heterocycles. The Morgan fingerprint density at radius 1 is 1.33 bits per heavy atom. The van der Waals surface area contributed by atoms with Gasteiger partial charge in [-0.25, -0.2) is 9.97 Å². The number of benzene rings is 1. The van der Waals surface area contributed by atoms with Gasteiger partial charge in [-0.15, -0.1) is 0 Å². The van der Waals surface area contributed by atoms with E-state index in [-0.39, 0.29) is 0 Å². The SMILES string of the molecule is C=C(C)c1c2cc(-c3nc(C)ncc3I)ccc2nn1C. The van der Waals surface area contributed by atoms with Crippen molar-refractivity contribution < 1.29 is 0 Å². The van der Waals surface area contributed by atoms with E-state index in [4.69, 9.17) is 0 Å². The van der Waals surface area contributed by atoms with E-state index in [0.29, 0.717) is 0 Å². The van der Waals surface area contributed by atoms with Crippen molar-refractivity contribution in [1.82, 2.24) is 19.7 Å². The maximum atomic E-state index is 4.56. The van der Waals surface area contributed by atoms with Crippen molar-refractivity contribution in [1.29, 1.82) is 0 Å². The van der Waals surface area contributed by atoms with E-state index in [1.165, 1.54) is 0 Å². The van der Waals surface area contributed by atoms with Crippen LogP contribution in [0.4, 0.5) is 0 Å². The third-order valence-electron chi connectivity index (χ3n) is 3.38. The van der Waals surface area contributed by atoms with E-state index in [1.54, 1.807) is 0 Å². The lowest BCUT2D eigenvalue weighted by Gasteiger charge is -2.06. The lowest BCUT2D eigenvalue weighted by molar-refractivity contribution is 0.767. The van der Waals surface area contributed by atoms with Crippen molar-refractivity contribution in [2.45, 2.75) is 13.8 Å². The minimum absolute atomic E-state index is 0.775. The lowest BCUT2D eigenvalue weighted by atomic mass is 10.1. The van der Waals surface area contributed by atoms with Crippen LogP contribution < -0.4 is 0 Å². The van der Waals surface area contributed by atoms with Crippen LogP contribution in [0.15, 0.2) is 31.0 Å². The molecule has 0 aliphatic heterocycles. The van der Waals surface area contributed by atoms with Crippen molar-refractivity contribution in [2.75, 3.05) is 0 Å². The van der Waals surface area contributed by atoms with Gasteiger partial charge >= 0.3 is 0 Å². The molecule has 106 valence electrons. The van der Waals surface area contributed by atoms with E-state index in [9.17, 15) is 0 Å². The molecule has 4 nitrogen and oxygen atoms in total. The van der Waals surface area contributed by atoms with E-state index in [0.717, 1.165) is 42.8 Å². The molecule has 0 unspecified atom stereocenters. The van der Waals surface area contributed by atoms with Gasteiger partial charge in [-0.2, -0.15) is 5.10 Å². The van der Waals surface area contributed by atoms with Crippen LogP contribution in [0.3, 0.4) is 0 Å². The molecule has 0 N–H and O–H groups in total. The predicted molar refractivity (Wildman–Crippen MR) is 93.9 cm³/mol. The number of fused-ring (bicyclic) bond motifs is 1. The Morgan fingerprint density at radius 3 is 2.81 bits per heavy atom. The first kappa shape index (κ1) is 14.2. The van der Waals surface area contributed by atoms with Gasteiger partial charge in [0.25, 0.3) is 0 Å². The molecule has 0 amide bonds. The second kappa shape index (κ2) is 5.22. The number of aryl methyl sites for hydroxylation is 2. The minimum atomic E-state index is 0.775. The van der Waals surface area contributed by atoms with Crippen LogP contribution in [-0.4, -0.2) is 19.7 Å². The van der Waals surface area contributed by atoms with Crippen LogP contribution in [0, 0.1) is 10.5 Å². The third-order valence-corrected chi connectivity index (χ3v) is 4.16. The molecule has 0 bridgehead atoms. The van der Waals surface area contributed by atoms with Gasteiger partial charge in [0, 0.05) is 24.2 Å². The summed E-state index contributed by atoms with van der Waals surface area (Å²) in [6, 6.07) is 6.22. The van der Waals surface area contributed by atoms with E-state index in [2.05, 4.69) is 56.4 Å². The summed E-state index contributed by atoms with van der Waals surface area (Å²) < 4.78 is 2.92. The second-order valence-corrected chi connectivity index (χ2v) is 6.26. The van der Waals surface area contributed by atoms with Gasteiger partial charge in [0.05, 0.1) is 20.5 Å². The molecule has 0 saturated carbocycles. The average molecular weight is 390 g/mol. The number of hydrogen-bond donors (Lipinski definition) is 0. The summed E-state index contributed by atoms with van der Waals surface area (Å²) >= 11 is 2.27. The standard InChI is InChI=1S/C16H15IN4/c1-9(2)16-12-7-11(5-6-14(12)20-21(16)4)15-13(17)8-18-10(3)19-15/h5-8H,1H2,2-4H3. The molecule has 0 radical (unpaired) electrons. The first-order valence-corrected chi connectivity index (χ1v) is 7.67. The van der Waals surface area contributed by atoms with Gasteiger partial charge in [0.15, 0.2) is 0 Å². The molecule has 1 aromatic carbocycles. The quantitative estimate of drug-likeness (QED) is 0.622. The highest BCUT2D eigenvalue weighted by Crippen LogP contribution is 2.29. The minimum Gasteiger partial charge on any atom is -0.267 e. The zero-order valence-electron chi connectivity index (χ0n) is 12.2. The van der Waals surface area contributed by atoms with Gasteiger partial charge in [-0.1, -0.05) is 12.6 Å². The summed E-state index contributed by atoms with van der Waals surface area (Å²) in [6.45, 7) is 7.96. The number of nitrogens with zero attached hydrogens (tertiary/aromatic N) is 4. The molecule has 0 fully saturated rings. The maximum Gasteiger partial charge on any atom is 0.125 e. The van der Waals surface area contributed by atoms with Crippen LogP contribution in [-0.2, 0) is 7.05 Å². The smallest absolute Gasteiger partial charge is 0.125 e. The van der Waals surface area contributed by atoms with Crippen molar-refractivity contribution in [2.24, 2.45) is 7.05 Å². The summed E-state index contributed by atoms with van der Waals surface area (Å²) in [5.41, 5.74) is 5.08. The van der Waals surface area contributed by atoms with Crippen LogP contribution >= 0.6 is 22.6 Å². The van der Waals surface area contributed by atoms with Crippen molar-refractivity contribution in [3.05, 3.63) is 46.1 Å². The van der Waals surface area contributed by atoms with Crippen molar-refractivity contribution >= 4 is 39.1 Å². The molecule has 3 rings (SSSR count). The summed E-state index contributed by atoms with van der Waals surface area (Å²) in [5, 5.41) is 5.64.